The third kappa shape index (κ3) is 5.23. The Balaban J connectivity index is 1.51. The zero-order valence-corrected chi connectivity index (χ0v) is 21.0. The monoisotopic (exact) mass is 488 g/mol. The van der Waals surface area contributed by atoms with E-state index in [2.05, 4.69) is 45.3 Å². The molecule has 1 aliphatic rings. The Morgan fingerprint density at radius 1 is 1.14 bits per heavy atom. The van der Waals surface area contributed by atoms with Gasteiger partial charge in [-0.2, -0.15) is 0 Å². The van der Waals surface area contributed by atoms with Gasteiger partial charge in [0.2, 0.25) is 0 Å². The fraction of sp³-hybridized carbons (Fsp3) is 0.429. The van der Waals surface area contributed by atoms with E-state index in [1.165, 1.54) is 25.0 Å². The van der Waals surface area contributed by atoms with Gasteiger partial charge >= 0.3 is 0 Å². The molecule has 1 fully saturated rings. The van der Waals surface area contributed by atoms with E-state index < -0.39 is 0 Å². The molecule has 0 saturated heterocycles. The zero-order chi connectivity index (χ0) is 25.1. The number of halogens is 1. The molecule has 1 saturated carbocycles. The van der Waals surface area contributed by atoms with Crippen LogP contribution in [0.2, 0.25) is 0 Å². The molecule has 1 aliphatic carbocycles. The van der Waals surface area contributed by atoms with E-state index in [-0.39, 0.29) is 17.4 Å². The number of pyridine rings is 1. The third-order valence-electron chi connectivity index (χ3n) is 7.29. The molecular weight excluding hydrogens is 455 g/mol. The number of aromatic amines is 1. The first-order chi connectivity index (χ1) is 17.5. The van der Waals surface area contributed by atoms with Gasteiger partial charge in [0, 0.05) is 23.7 Å². The first kappa shape index (κ1) is 24.3. The minimum absolute atomic E-state index is 0.0267. The lowest BCUT2D eigenvalue weighted by atomic mass is 10.0. The predicted octanol–water partition coefficient (Wildman–Crippen LogP) is 5.30. The van der Waals surface area contributed by atoms with Crippen molar-refractivity contribution >= 4 is 10.9 Å². The van der Waals surface area contributed by atoms with E-state index >= 15 is 0 Å². The molecule has 0 bridgehead atoms. The number of benzene rings is 2. The second-order valence-electron chi connectivity index (χ2n) is 9.95. The van der Waals surface area contributed by atoms with Crippen LogP contribution in [0.1, 0.15) is 74.0 Å². The molecule has 2 aromatic carbocycles. The van der Waals surface area contributed by atoms with Crippen LogP contribution >= 0.6 is 0 Å². The molecule has 8 heteroatoms. The summed E-state index contributed by atoms with van der Waals surface area (Å²) in [7, 11) is 0. The summed E-state index contributed by atoms with van der Waals surface area (Å²) in [6, 6.07) is 14.9. The Morgan fingerprint density at radius 2 is 1.92 bits per heavy atom. The van der Waals surface area contributed by atoms with Crippen LogP contribution in [0.15, 0.2) is 53.3 Å². The third-order valence-corrected chi connectivity index (χ3v) is 7.29. The number of hydrogen-bond acceptors (Lipinski definition) is 5. The Morgan fingerprint density at radius 3 is 2.67 bits per heavy atom. The van der Waals surface area contributed by atoms with Gasteiger partial charge in [-0.1, -0.05) is 49.9 Å². The normalized spacial score (nSPS) is 15.2. The molecule has 0 radical (unpaired) electrons. The molecule has 0 unspecified atom stereocenters. The van der Waals surface area contributed by atoms with Crippen LogP contribution in [-0.4, -0.2) is 36.1 Å². The van der Waals surface area contributed by atoms with Gasteiger partial charge in [0.1, 0.15) is 5.82 Å². The SMILES string of the molecule is CCC[C@@H](c1nnnn1Cc1ccc(F)cc1)N(Cc1cc2cc(C)ccc2[nH]c1=O)C1CCCC1. The Kier molecular flexibility index (Phi) is 7.23. The van der Waals surface area contributed by atoms with E-state index in [0.29, 0.717) is 19.1 Å². The summed E-state index contributed by atoms with van der Waals surface area (Å²) in [5.41, 5.74) is 3.68. The number of hydrogen-bond donors (Lipinski definition) is 1. The molecular formula is C28H33FN6O. The fourth-order valence-electron chi connectivity index (χ4n) is 5.46. The topological polar surface area (TPSA) is 79.7 Å². The number of tetrazole rings is 1. The molecule has 1 N–H and O–H groups in total. The highest BCUT2D eigenvalue weighted by atomic mass is 19.1. The van der Waals surface area contributed by atoms with Gasteiger partial charge in [-0.15, -0.1) is 5.10 Å². The second-order valence-corrected chi connectivity index (χ2v) is 9.95. The van der Waals surface area contributed by atoms with Crippen molar-refractivity contribution in [3.05, 3.63) is 87.2 Å². The number of fused-ring (bicyclic) bond motifs is 1. The minimum atomic E-state index is -0.261. The molecule has 188 valence electrons. The molecule has 0 aliphatic heterocycles. The number of aromatic nitrogens is 5. The molecule has 2 aromatic heterocycles. The van der Waals surface area contributed by atoms with E-state index in [0.717, 1.165) is 59.1 Å². The van der Waals surface area contributed by atoms with Crippen molar-refractivity contribution in [2.24, 2.45) is 0 Å². The summed E-state index contributed by atoms with van der Waals surface area (Å²) >= 11 is 0. The van der Waals surface area contributed by atoms with Crippen LogP contribution in [0.25, 0.3) is 10.9 Å². The highest BCUT2D eigenvalue weighted by molar-refractivity contribution is 5.79. The molecule has 2 heterocycles. The van der Waals surface area contributed by atoms with Gasteiger partial charge in [-0.05, 0) is 77.9 Å². The van der Waals surface area contributed by atoms with Gasteiger partial charge in [0.25, 0.3) is 5.56 Å². The second kappa shape index (κ2) is 10.7. The lowest BCUT2D eigenvalue weighted by Crippen LogP contribution is -2.39. The number of nitrogens with one attached hydrogen (secondary N) is 1. The van der Waals surface area contributed by atoms with Crippen molar-refractivity contribution in [1.29, 1.82) is 0 Å². The maximum absolute atomic E-state index is 13.4. The predicted molar refractivity (Wildman–Crippen MR) is 138 cm³/mol. The summed E-state index contributed by atoms with van der Waals surface area (Å²) in [4.78, 5) is 18.6. The van der Waals surface area contributed by atoms with Crippen molar-refractivity contribution in [1.82, 2.24) is 30.1 Å². The van der Waals surface area contributed by atoms with E-state index in [1.54, 1.807) is 12.1 Å². The van der Waals surface area contributed by atoms with Crippen LogP contribution in [0.5, 0.6) is 0 Å². The number of H-pyrrole nitrogens is 1. The molecule has 5 rings (SSSR count). The van der Waals surface area contributed by atoms with Crippen LogP contribution in [-0.2, 0) is 13.1 Å². The quantitative estimate of drug-likeness (QED) is 0.346. The zero-order valence-electron chi connectivity index (χ0n) is 21.0. The van der Waals surface area contributed by atoms with Crippen molar-refractivity contribution in [3.63, 3.8) is 0 Å². The molecule has 36 heavy (non-hydrogen) atoms. The largest absolute Gasteiger partial charge is 0.322 e. The lowest BCUT2D eigenvalue weighted by Gasteiger charge is -2.35. The molecule has 0 spiro atoms. The maximum Gasteiger partial charge on any atom is 0.252 e. The van der Waals surface area contributed by atoms with E-state index in [4.69, 9.17) is 0 Å². The number of rotatable bonds is 9. The Hall–Kier alpha value is -3.39. The minimum Gasteiger partial charge on any atom is -0.322 e. The van der Waals surface area contributed by atoms with Crippen LogP contribution < -0.4 is 5.56 Å². The Labute approximate surface area is 210 Å². The Bertz CT molecular complexity index is 1370. The number of nitrogens with zero attached hydrogens (tertiary/aromatic N) is 5. The summed E-state index contributed by atoms with van der Waals surface area (Å²) in [5.74, 6) is 0.531. The highest BCUT2D eigenvalue weighted by Crippen LogP contribution is 2.34. The highest BCUT2D eigenvalue weighted by Gasteiger charge is 2.33. The lowest BCUT2D eigenvalue weighted by molar-refractivity contribution is 0.108. The fourth-order valence-corrected chi connectivity index (χ4v) is 5.46. The van der Waals surface area contributed by atoms with Crippen molar-refractivity contribution in [2.75, 3.05) is 0 Å². The maximum atomic E-state index is 13.4. The standard InChI is InChI=1S/C28H33FN6O/c1-3-6-26(27-31-32-33-35(27)17-20-10-12-23(29)13-11-20)34(24-7-4-5-8-24)18-22-16-21-15-19(2)9-14-25(21)30-28(22)36/h9-16,24,26H,3-8,17-18H2,1-2H3,(H,30,36)/t26-/m0/s1. The molecule has 1 atom stereocenters. The average molecular weight is 489 g/mol. The summed E-state index contributed by atoms with van der Waals surface area (Å²) in [5, 5.41) is 13.8. The van der Waals surface area contributed by atoms with Gasteiger partial charge in [0.05, 0.1) is 12.6 Å². The van der Waals surface area contributed by atoms with Crippen LogP contribution in [0.4, 0.5) is 4.39 Å². The first-order valence-corrected chi connectivity index (χ1v) is 12.9. The summed E-state index contributed by atoms with van der Waals surface area (Å²) in [6.45, 7) is 5.24. The van der Waals surface area contributed by atoms with Crippen molar-refractivity contribution in [3.8, 4) is 0 Å². The van der Waals surface area contributed by atoms with E-state index in [9.17, 15) is 9.18 Å². The summed E-state index contributed by atoms with van der Waals surface area (Å²) < 4.78 is 15.3. The van der Waals surface area contributed by atoms with Crippen LogP contribution in [0.3, 0.4) is 0 Å². The van der Waals surface area contributed by atoms with E-state index in [1.807, 2.05) is 22.9 Å². The molecule has 7 nitrogen and oxygen atoms in total. The van der Waals surface area contributed by atoms with Gasteiger partial charge in [-0.3, -0.25) is 9.69 Å². The van der Waals surface area contributed by atoms with Gasteiger partial charge < -0.3 is 4.98 Å². The van der Waals surface area contributed by atoms with Gasteiger partial charge in [-0.25, -0.2) is 9.07 Å². The van der Waals surface area contributed by atoms with Crippen LogP contribution in [0, 0.1) is 12.7 Å². The molecule has 4 aromatic rings. The van der Waals surface area contributed by atoms with Crippen molar-refractivity contribution < 1.29 is 4.39 Å². The number of aryl methyl sites for hydroxylation is 1. The average Bonchev–Trinajstić information content (AvgIpc) is 3.56. The smallest absolute Gasteiger partial charge is 0.252 e. The van der Waals surface area contributed by atoms with Gasteiger partial charge in [0.15, 0.2) is 5.82 Å². The van der Waals surface area contributed by atoms with Crippen molar-refractivity contribution in [2.45, 2.75) is 77.5 Å². The first-order valence-electron chi connectivity index (χ1n) is 12.9. The summed E-state index contributed by atoms with van der Waals surface area (Å²) in [6.07, 6.45) is 6.42. The molecule has 0 amide bonds.